The highest BCUT2D eigenvalue weighted by Crippen LogP contribution is 2.44. The van der Waals surface area contributed by atoms with Gasteiger partial charge >= 0.3 is 0 Å². The van der Waals surface area contributed by atoms with Crippen molar-refractivity contribution in [2.75, 3.05) is 13.7 Å². The first-order valence-electron chi connectivity index (χ1n) is 10.6. The van der Waals surface area contributed by atoms with Crippen LogP contribution in [0.1, 0.15) is 84.4 Å². The predicted molar refractivity (Wildman–Crippen MR) is 120 cm³/mol. The van der Waals surface area contributed by atoms with Crippen LogP contribution in [0.2, 0.25) is 0 Å². The Morgan fingerprint density at radius 1 is 1.19 bits per heavy atom. The summed E-state index contributed by atoms with van der Waals surface area (Å²) in [6.07, 6.45) is 2.72. The summed E-state index contributed by atoms with van der Waals surface area (Å²) in [6, 6.07) is 7.66. The van der Waals surface area contributed by atoms with Gasteiger partial charge in [-0.05, 0) is 66.2 Å². The second-order valence-electron chi connectivity index (χ2n) is 9.94. The van der Waals surface area contributed by atoms with Crippen LogP contribution in [-0.2, 0) is 4.79 Å². The number of benzene rings is 1. The third-order valence-electron chi connectivity index (χ3n) is 4.92. The maximum absolute atomic E-state index is 12.1. The first-order chi connectivity index (χ1) is 14.2. The quantitative estimate of drug-likeness (QED) is 0.672. The zero-order valence-electron chi connectivity index (χ0n) is 19.9. The van der Waals surface area contributed by atoms with Crippen molar-refractivity contribution >= 4 is 5.91 Å². The molecule has 1 atom stereocenters. The van der Waals surface area contributed by atoms with Crippen molar-refractivity contribution in [3.8, 4) is 11.8 Å². The van der Waals surface area contributed by atoms with Gasteiger partial charge in [-0.2, -0.15) is 5.26 Å². The monoisotopic (exact) mass is 434 g/mol. The van der Waals surface area contributed by atoms with E-state index in [-0.39, 0.29) is 17.6 Å². The van der Waals surface area contributed by atoms with E-state index in [4.69, 9.17) is 15.1 Å². The second-order valence-corrected chi connectivity index (χ2v) is 9.94. The van der Waals surface area contributed by atoms with E-state index >= 15 is 0 Å². The van der Waals surface area contributed by atoms with Crippen molar-refractivity contribution < 1.29 is 24.9 Å². The number of fused-ring (bicyclic) bond motifs is 1. The fraction of sp³-hybridized carbons (Fsp3) is 0.667. The molecule has 0 aromatic heterocycles. The Kier molecular flexibility index (Phi) is 9.06. The Hall–Kier alpha value is -2.14. The molecule has 1 saturated heterocycles. The van der Waals surface area contributed by atoms with Gasteiger partial charge in [0, 0.05) is 38.5 Å². The fourth-order valence-electron chi connectivity index (χ4n) is 4.22. The Morgan fingerprint density at radius 2 is 1.77 bits per heavy atom. The molecule has 0 aliphatic carbocycles. The Bertz CT molecular complexity index is 773. The van der Waals surface area contributed by atoms with E-state index in [1.807, 2.05) is 30.9 Å². The standard InChI is InChI=1S/C16H18N2O2.C7H16O2.CH4O/c1-16(2)9-13(18-7-3-4-15(18)19)12-8-11(10-17)5-6-14(12)20-16;1-6(2,8)5-7(3,4)9;1-2/h5-6,8,13H,3-4,7,9H2,1-2H3;8-9H,5H2,1-4H3;2H,1H3. The number of amides is 1. The average Bonchev–Trinajstić information content (AvgIpc) is 3.05. The summed E-state index contributed by atoms with van der Waals surface area (Å²) in [7, 11) is 1.00. The molecular weight excluding hydrogens is 396 g/mol. The number of nitrogens with zero attached hydrogens (tertiary/aromatic N) is 2. The van der Waals surface area contributed by atoms with Crippen LogP contribution < -0.4 is 4.74 Å². The van der Waals surface area contributed by atoms with Gasteiger partial charge < -0.3 is 25.0 Å². The third kappa shape index (κ3) is 8.48. The first-order valence-corrected chi connectivity index (χ1v) is 10.6. The Morgan fingerprint density at radius 3 is 2.19 bits per heavy atom. The summed E-state index contributed by atoms with van der Waals surface area (Å²) >= 11 is 0. The lowest BCUT2D eigenvalue weighted by Gasteiger charge is -2.41. The molecule has 1 fully saturated rings. The van der Waals surface area contributed by atoms with Gasteiger partial charge in [0.25, 0.3) is 0 Å². The summed E-state index contributed by atoms with van der Waals surface area (Å²) < 4.78 is 6.00. The third-order valence-corrected chi connectivity index (χ3v) is 4.92. The molecule has 2 aliphatic heterocycles. The molecule has 3 rings (SSSR count). The normalized spacial score (nSPS) is 19.7. The predicted octanol–water partition coefficient (Wildman–Crippen LogP) is 3.31. The van der Waals surface area contributed by atoms with Crippen molar-refractivity contribution in [2.24, 2.45) is 0 Å². The van der Waals surface area contributed by atoms with Crippen molar-refractivity contribution in [3.63, 3.8) is 0 Å². The molecule has 1 aromatic rings. The number of hydrogen-bond donors (Lipinski definition) is 3. The molecule has 3 N–H and O–H groups in total. The van der Waals surface area contributed by atoms with Crippen LogP contribution >= 0.6 is 0 Å². The number of aliphatic hydroxyl groups excluding tert-OH is 1. The van der Waals surface area contributed by atoms with Crippen molar-refractivity contribution in [1.82, 2.24) is 4.90 Å². The minimum Gasteiger partial charge on any atom is -0.487 e. The number of aliphatic hydroxyl groups is 3. The largest absolute Gasteiger partial charge is 0.487 e. The molecule has 0 bridgehead atoms. The van der Waals surface area contributed by atoms with E-state index in [0.29, 0.717) is 18.4 Å². The summed E-state index contributed by atoms with van der Waals surface area (Å²) in [4.78, 5) is 14.0. The molecule has 0 radical (unpaired) electrons. The molecule has 7 nitrogen and oxygen atoms in total. The number of ether oxygens (including phenoxy) is 1. The molecule has 2 heterocycles. The summed E-state index contributed by atoms with van der Waals surface area (Å²) in [5.41, 5.74) is -0.243. The number of hydrogen-bond acceptors (Lipinski definition) is 6. The van der Waals surface area contributed by atoms with Gasteiger partial charge in [-0.15, -0.1) is 0 Å². The highest BCUT2D eigenvalue weighted by atomic mass is 16.5. The van der Waals surface area contributed by atoms with Crippen molar-refractivity contribution in [1.29, 1.82) is 5.26 Å². The van der Waals surface area contributed by atoms with Crippen LogP contribution in [0.3, 0.4) is 0 Å². The van der Waals surface area contributed by atoms with E-state index in [9.17, 15) is 15.0 Å². The topological polar surface area (TPSA) is 114 Å². The Labute approximate surface area is 186 Å². The lowest BCUT2D eigenvalue weighted by molar-refractivity contribution is -0.131. The fourth-order valence-corrected chi connectivity index (χ4v) is 4.22. The van der Waals surface area contributed by atoms with Crippen LogP contribution in [-0.4, -0.2) is 56.6 Å². The lowest BCUT2D eigenvalue weighted by Crippen LogP contribution is -2.42. The van der Waals surface area contributed by atoms with Crippen molar-refractivity contribution in [3.05, 3.63) is 29.3 Å². The zero-order chi connectivity index (χ0) is 24.0. The second kappa shape index (κ2) is 10.4. The molecule has 1 aromatic carbocycles. The van der Waals surface area contributed by atoms with Gasteiger partial charge in [-0.25, -0.2) is 0 Å². The van der Waals surface area contributed by atoms with Gasteiger partial charge in [0.2, 0.25) is 5.91 Å². The van der Waals surface area contributed by atoms with Gasteiger partial charge in [-0.1, -0.05) is 0 Å². The summed E-state index contributed by atoms with van der Waals surface area (Å²) in [6.45, 7) is 11.6. The van der Waals surface area contributed by atoms with Crippen molar-refractivity contribution in [2.45, 2.75) is 90.1 Å². The molecule has 31 heavy (non-hydrogen) atoms. The van der Waals surface area contributed by atoms with Gasteiger partial charge in [-0.3, -0.25) is 4.79 Å². The number of carbonyl (C=O) groups excluding carboxylic acids is 1. The maximum atomic E-state index is 12.1. The van der Waals surface area contributed by atoms with Crippen LogP contribution in [0, 0.1) is 11.3 Å². The summed E-state index contributed by atoms with van der Waals surface area (Å²) in [5.74, 6) is 1.01. The highest BCUT2D eigenvalue weighted by Gasteiger charge is 2.39. The number of rotatable bonds is 3. The van der Waals surface area contributed by atoms with E-state index in [2.05, 4.69) is 6.07 Å². The minimum absolute atomic E-state index is 0.0250. The van der Waals surface area contributed by atoms with E-state index < -0.39 is 11.2 Å². The van der Waals surface area contributed by atoms with E-state index in [1.165, 1.54) is 0 Å². The number of nitriles is 1. The molecule has 0 saturated carbocycles. The molecule has 7 heteroatoms. The molecule has 2 aliphatic rings. The summed E-state index contributed by atoms with van der Waals surface area (Å²) in [5, 5.41) is 34.5. The van der Waals surface area contributed by atoms with Crippen LogP contribution in [0.25, 0.3) is 0 Å². The molecule has 1 amide bonds. The highest BCUT2D eigenvalue weighted by molar-refractivity contribution is 5.78. The van der Waals surface area contributed by atoms with Gasteiger partial charge in [0.05, 0.1) is 28.9 Å². The Balaban J connectivity index is 0.000000372. The van der Waals surface area contributed by atoms with Crippen LogP contribution in [0.5, 0.6) is 5.75 Å². The van der Waals surface area contributed by atoms with Gasteiger partial charge in [0.1, 0.15) is 11.4 Å². The number of carbonyl (C=O) groups is 1. The lowest BCUT2D eigenvalue weighted by atomic mass is 9.88. The average molecular weight is 435 g/mol. The maximum Gasteiger partial charge on any atom is 0.223 e. The van der Waals surface area contributed by atoms with Crippen LogP contribution in [0.15, 0.2) is 18.2 Å². The van der Waals surface area contributed by atoms with Gasteiger partial charge in [0.15, 0.2) is 0 Å². The molecular formula is C24H38N2O5. The minimum atomic E-state index is -0.766. The van der Waals surface area contributed by atoms with E-state index in [1.54, 1.807) is 33.8 Å². The molecule has 0 spiro atoms. The molecule has 1 unspecified atom stereocenters. The molecule has 174 valence electrons. The SMILES string of the molecule is CC(C)(O)CC(C)(C)O.CC1(C)CC(N2CCCC2=O)c2cc(C#N)ccc2O1.CO. The van der Waals surface area contributed by atoms with Crippen LogP contribution in [0.4, 0.5) is 0 Å². The smallest absolute Gasteiger partial charge is 0.223 e. The number of likely N-dealkylation sites (tertiary alicyclic amines) is 1. The zero-order valence-corrected chi connectivity index (χ0v) is 19.9. The first kappa shape index (κ1) is 26.9. The van der Waals surface area contributed by atoms with E-state index in [0.717, 1.165) is 37.8 Å².